The first kappa shape index (κ1) is 20.6. The summed E-state index contributed by atoms with van der Waals surface area (Å²) >= 11 is 0. The summed E-state index contributed by atoms with van der Waals surface area (Å²) in [4.78, 5) is 25.0. The van der Waals surface area contributed by atoms with Gasteiger partial charge < -0.3 is 29.9 Å². The van der Waals surface area contributed by atoms with Gasteiger partial charge in [0, 0.05) is 29.6 Å². The van der Waals surface area contributed by atoms with E-state index < -0.39 is 58.1 Å². The Labute approximate surface area is 174 Å². The van der Waals surface area contributed by atoms with E-state index in [4.69, 9.17) is 9.47 Å². The van der Waals surface area contributed by atoms with Gasteiger partial charge in [0.15, 0.2) is 5.78 Å². The van der Waals surface area contributed by atoms with E-state index in [9.17, 15) is 30.0 Å². The van der Waals surface area contributed by atoms with Crippen molar-refractivity contribution in [3.05, 3.63) is 12.2 Å². The molecule has 8 nitrogen and oxygen atoms in total. The van der Waals surface area contributed by atoms with Crippen molar-refractivity contribution in [1.29, 1.82) is 0 Å². The number of carbonyl (C=O) groups is 2. The number of hydrogen-bond acceptors (Lipinski definition) is 8. The summed E-state index contributed by atoms with van der Waals surface area (Å²) in [5.41, 5.74) is -3.11. The van der Waals surface area contributed by atoms with Gasteiger partial charge in [0.25, 0.3) is 0 Å². The predicted molar refractivity (Wildman–Crippen MR) is 102 cm³/mol. The molecule has 0 amide bonds. The Morgan fingerprint density at radius 2 is 2.00 bits per heavy atom. The van der Waals surface area contributed by atoms with E-state index in [0.717, 1.165) is 0 Å². The van der Waals surface area contributed by atoms with E-state index in [0.29, 0.717) is 24.8 Å². The van der Waals surface area contributed by atoms with Crippen LogP contribution in [0.5, 0.6) is 0 Å². The SMILES string of the molecule is C=C1C(=O)[C@]23C[C@H]1C[C@@H](O)[C@H]2[C@@]12CO[C@]3(O)[C@@H](O)[C@@H]1[C@](C)(COC(C)=O)CC[C@H]2O. The first-order valence-electron chi connectivity index (χ1n) is 10.7. The summed E-state index contributed by atoms with van der Waals surface area (Å²) in [5.74, 6) is -4.84. The summed E-state index contributed by atoms with van der Waals surface area (Å²) < 4.78 is 11.2. The van der Waals surface area contributed by atoms with Gasteiger partial charge in [-0.1, -0.05) is 13.5 Å². The quantitative estimate of drug-likeness (QED) is 0.359. The van der Waals surface area contributed by atoms with Gasteiger partial charge >= 0.3 is 5.97 Å². The predicted octanol–water partition coefficient (Wildman–Crippen LogP) is -0.0812. The molecule has 4 saturated carbocycles. The minimum absolute atomic E-state index is 0.00764. The molecular formula is C22H30O8. The second-order valence-corrected chi connectivity index (χ2v) is 10.5. The van der Waals surface area contributed by atoms with Crippen molar-refractivity contribution in [1.82, 2.24) is 0 Å². The van der Waals surface area contributed by atoms with Gasteiger partial charge in [-0.15, -0.1) is 0 Å². The molecule has 2 heterocycles. The smallest absolute Gasteiger partial charge is 0.302 e. The van der Waals surface area contributed by atoms with Crippen molar-refractivity contribution in [2.24, 2.45) is 34.0 Å². The fourth-order valence-corrected chi connectivity index (χ4v) is 8.14. The number of aliphatic hydroxyl groups excluding tert-OH is 3. The maximum Gasteiger partial charge on any atom is 0.302 e. The lowest BCUT2D eigenvalue weighted by molar-refractivity contribution is -0.457. The number of ether oxygens (including phenoxy) is 2. The van der Waals surface area contributed by atoms with Crippen molar-refractivity contribution >= 4 is 11.8 Å². The summed E-state index contributed by atoms with van der Waals surface area (Å²) in [6, 6.07) is 0. The average Bonchev–Trinajstić information content (AvgIpc) is 2.88. The van der Waals surface area contributed by atoms with Crippen LogP contribution in [0.2, 0.25) is 0 Å². The number of esters is 1. The molecule has 30 heavy (non-hydrogen) atoms. The molecule has 166 valence electrons. The van der Waals surface area contributed by atoms with Crippen LogP contribution in [-0.2, 0) is 19.1 Å². The zero-order valence-corrected chi connectivity index (χ0v) is 17.3. The van der Waals surface area contributed by atoms with Crippen LogP contribution in [0.25, 0.3) is 0 Å². The Morgan fingerprint density at radius 1 is 1.30 bits per heavy atom. The monoisotopic (exact) mass is 422 g/mol. The molecule has 8 heteroatoms. The Balaban J connectivity index is 1.72. The zero-order chi connectivity index (χ0) is 21.9. The fourth-order valence-electron chi connectivity index (χ4n) is 8.14. The van der Waals surface area contributed by atoms with Crippen molar-refractivity contribution in [3.8, 4) is 0 Å². The van der Waals surface area contributed by atoms with E-state index in [-0.39, 0.29) is 31.3 Å². The maximum atomic E-state index is 13.5. The third-order valence-electron chi connectivity index (χ3n) is 9.22. The molecule has 4 N–H and O–H groups in total. The van der Waals surface area contributed by atoms with Crippen LogP contribution in [-0.4, -0.2) is 69.5 Å². The molecule has 6 aliphatic rings. The largest absolute Gasteiger partial charge is 0.465 e. The number of ketones is 1. The molecule has 0 radical (unpaired) electrons. The van der Waals surface area contributed by atoms with Crippen LogP contribution in [0, 0.1) is 34.0 Å². The number of aliphatic hydroxyl groups is 4. The van der Waals surface area contributed by atoms with Gasteiger partial charge in [-0.3, -0.25) is 9.59 Å². The molecule has 2 spiro atoms. The molecule has 6 fully saturated rings. The van der Waals surface area contributed by atoms with Crippen molar-refractivity contribution in [3.63, 3.8) is 0 Å². The molecular weight excluding hydrogens is 392 g/mol. The highest BCUT2D eigenvalue weighted by Crippen LogP contribution is 2.76. The van der Waals surface area contributed by atoms with Gasteiger partial charge in [-0.25, -0.2) is 0 Å². The van der Waals surface area contributed by atoms with Crippen molar-refractivity contribution in [2.75, 3.05) is 13.2 Å². The Kier molecular flexibility index (Phi) is 4.06. The molecule has 2 aliphatic heterocycles. The van der Waals surface area contributed by atoms with Gasteiger partial charge in [0.2, 0.25) is 5.79 Å². The number of carbonyl (C=O) groups excluding carboxylic acids is 2. The Hall–Kier alpha value is -1.32. The number of Topliss-reactive ketones (excluding diaryl/α,β-unsaturated/α-hetero) is 1. The first-order valence-corrected chi connectivity index (χ1v) is 10.7. The minimum Gasteiger partial charge on any atom is -0.465 e. The normalized spacial score (nSPS) is 56.5. The van der Waals surface area contributed by atoms with E-state index in [1.54, 1.807) is 0 Å². The molecule has 2 saturated heterocycles. The minimum atomic E-state index is -2.20. The standard InChI is InChI=1S/C22H30O8/c1-10-12-6-13(24)15-20-9-30-22(28,21(15,7-12)17(10)26)18(27)16(20)19(3,5-4-14(20)25)8-29-11(2)23/h12-16,18,24-25,27-28H,1,4-9H2,2-3H3/t12-,13-,14-,15+,16-,18+,19+,20+,21+,22-/m1/s1. The summed E-state index contributed by atoms with van der Waals surface area (Å²) in [5, 5.41) is 45.8. The van der Waals surface area contributed by atoms with Crippen LogP contribution in [0.4, 0.5) is 0 Å². The summed E-state index contributed by atoms with van der Waals surface area (Å²) in [6.45, 7) is 7.00. The molecule has 4 bridgehead atoms. The highest BCUT2D eigenvalue weighted by Gasteiger charge is 2.86. The molecule has 0 unspecified atom stereocenters. The average molecular weight is 422 g/mol. The third-order valence-corrected chi connectivity index (χ3v) is 9.22. The van der Waals surface area contributed by atoms with Crippen molar-refractivity contribution < 1.29 is 39.5 Å². The van der Waals surface area contributed by atoms with Crippen LogP contribution in [0.1, 0.15) is 39.5 Å². The summed E-state index contributed by atoms with van der Waals surface area (Å²) in [7, 11) is 0. The zero-order valence-electron chi connectivity index (χ0n) is 17.3. The van der Waals surface area contributed by atoms with E-state index in [1.165, 1.54) is 6.92 Å². The Morgan fingerprint density at radius 3 is 2.67 bits per heavy atom. The lowest BCUT2D eigenvalue weighted by atomic mass is 9.35. The van der Waals surface area contributed by atoms with Crippen molar-refractivity contribution in [2.45, 2.75) is 63.6 Å². The second-order valence-electron chi connectivity index (χ2n) is 10.5. The number of fused-ring (bicyclic) bond motifs is 2. The lowest BCUT2D eigenvalue weighted by Crippen LogP contribution is -2.85. The van der Waals surface area contributed by atoms with E-state index >= 15 is 0 Å². The number of rotatable bonds is 2. The molecule has 0 aromatic rings. The van der Waals surface area contributed by atoms with E-state index in [1.807, 2.05) is 6.92 Å². The maximum absolute atomic E-state index is 13.5. The number of allylic oxidation sites excluding steroid dienone is 1. The third kappa shape index (κ3) is 2.00. The van der Waals surface area contributed by atoms with Gasteiger partial charge in [-0.2, -0.15) is 0 Å². The summed E-state index contributed by atoms with van der Waals surface area (Å²) in [6.07, 6.45) is -2.02. The fraction of sp³-hybridized carbons (Fsp3) is 0.818. The lowest BCUT2D eigenvalue weighted by Gasteiger charge is -2.74. The van der Waals surface area contributed by atoms with Gasteiger partial charge in [0.05, 0.1) is 30.8 Å². The topological polar surface area (TPSA) is 134 Å². The molecule has 4 aliphatic carbocycles. The number of hydrogen-bond donors (Lipinski definition) is 4. The van der Waals surface area contributed by atoms with Gasteiger partial charge in [-0.05, 0) is 37.2 Å². The molecule has 0 aromatic heterocycles. The van der Waals surface area contributed by atoms with Crippen LogP contribution >= 0.6 is 0 Å². The molecule has 6 rings (SSSR count). The molecule has 0 aromatic carbocycles. The van der Waals surface area contributed by atoms with Gasteiger partial charge in [0.1, 0.15) is 6.10 Å². The van der Waals surface area contributed by atoms with Crippen LogP contribution in [0.15, 0.2) is 12.2 Å². The first-order chi connectivity index (χ1) is 14.0. The second kappa shape index (κ2) is 5.92. The Bertz CT molecular complexity index is 841. The van der Waals surface area contributed by atoms with Crippen LogP contribution < -0.4 is 0 Å². The highest BCUT2D eigenvalue weighted by atomic mass is 16.6. The van der Waals surface area contributed by atoms with Crippen LogP contribution in [0.3, 0.4) is 0 Å². The van der Waals surface area contributed by atoms with E-state index in [2.05, 4.69) is 6.58 Å². The molecule has 10 atom stereocenters. The highest BCUT2D eigenvalue weighted by molar-refractivity contribution is 6.04.